The van der Waals surface area contributed by atoms with Crippen LogP contribution in [0.15, 0.2) is 0 Å². The lowest BCUT2D eigenvalue weighted by Gasteiger charge is -2.55. The van der Waals surface area contributed by atoms with Crippen molar-refractivity contribution in [2.24, 2.45) is 23.2 Å². The Kier molecular flexibility index (Phi) is 4.54. The first-order valence-corrected chi connectivity index (χ1v) is 9.91. The van der Waals surface area contributed by atoms with Gasteiger partial charge in [-0.1, -0.05) is 0 Å². The van der Waals surface area contributed by atoms with Crippen LogP contribution in [0.25, 0.3) is 0 Å². The van der Waals surface area contributed by atoms with Gasteiger partial charge in [-0.2, -0.15) is 0 Å². The highest BCUT2D eigenvalue weighted by Crippen LogP contribution is 2.60. The summed E-state index contributed by atoms with van der Waals surface area (Å²) in [7, 11) is 0. The van der Waals surface area contributed by atoms with Crippen molar-refractivity contribution < 1.29 is 9.59 Å². The molecule has 134 valence electrons. The molecule has 1 aliphatic heterocycles. The molecule has 24 heavy (non-hydrogen) atoms. The summed E-state index contributed by atoms with van der Waals surface area (Å²) in [4.78, 5) is 24.9. The van der Waals surface area contributed by atoms with E-state index >= 15 is 0 Å². The summed E-state index contributed by atoms with van der Waals surface area (Å²) in [5.41, 5.74) is -0.0987. The van der Waals surface area contributed by atoms with E-state index in [-0.39, 0.29) is 23.3 Å². The molecule has 2 amide bonds. The van der Waals surface area contributed by atoms with Crippen LogP contribution >= 0.6 is 0 Å². The minimum Gasteiger partial charge on any atom is -0.355 e. The average Bonchev–Trinajstić information content (AvgIpc) is 2.54. The Morgan fingerprint density at radius 1 is 1.04 bits per heavy atom. The number of carbonyl (C=O) groups excluding carboxylic acids is 2. The molecule has 0 radical (unpaired) electrons. The number of hydrogen-bond acceptors (Lipinski definition) is 3. The molecule has 5 rings (SSSR count). The molecule has 4 aliphatic carbocycles. The van der Waals surface area contributed by atoms with E-state index in [1.54, 1.807) is 0 Å². The standard InChI is InChI=1S/C19H31N3O2/c23-17(22-16-2-1-4-20-12-16)3-5-21-18(24)19-9-13-6-14(10-19)8-15(7-13)11-19/h13-16,20H,1-12H2,(H,21,24)(H,22,23)/t13?,14?,15?,16-,19?/m0/s1. The molecule has 1 atom stereocenters. The van der Waals surface area contributed by atoms with Crippen LogP contribution in [0.4, 0.5) is 0 Å². The predicted octanol–water partition coefficient (Wildman–Crippen LogP) is 1.58. The van der Waals surface area contributed by atoms with Gasteiger partial charge in [0.15, 0.2) is 0 Å². The fourth-order valence-electron chi connectivity index (χ4n) is 6.14. The molecule has 0 aromatic rings. The smallest absolute Gasteiger partial charge is 0.226 e. The molecule has 0 spiro atoms. The topological polar surface area (TPSA) is 70.2 Å². The predicted molar refractivity (Wildman–Crippen MR) is 92.3 cm³/mol. The van der Waals surface area contributed by atoms with Gasteiger partial charge >= 0.3 is 0 Å². The third-order valence-corrected chi connectivity index (χ3v) is 6.82. The van der Waals surface area contributed by atoms with Gasteiger partial charge in [-0.25, -0.2) is 0 Å². The van der Waals surface area contributed by atoms with E-state index < -0.39 is 0 Å². The normalized spacial score (nSPS) is 40.3. The third kappa shape index (κ3) is 3.32. The summed E-state index contributed by atoms with van der Waals surface area (Å²) >= 11 is 0. The summed E-state index contributed by atoms with van der Waals surface area (Å²) in [6, 6.07) is 0.255. The Labute approximate surface area is 144 Å². The first kappa shape index (κ1) is 16.4. The Morgan fingerprint density at radius 3 is 2.29 bits per heavy atom. The number of nitrogens with one attached hydrogen (secondary N) is 3. The van der Waals surface area contributed by atoms with E-state index in [9.17, 15) is 9.59 Å². The van der Waals surface area contributed by atoms with E-state index in [1.807, 2.05) is 0 Å². The minimum atomic E-state index is -0.0987. The first-order chi connectivity index (χ1) is 11.6. The van der Waals surface area contributed by atoms with Crippen molar-refractivity contribution in [3.63, 3.8) is 0 Å². The number of carbonyl (C=O) groups is 2. The van der Waals surface area contributed by atoms with E-state index in [0.29, 0.717) is 13.0 Å². The van der Waals surface area contributed by atoms with Crippen molar-refractivity contribution >= 4 is 11.8 Å². The van der Waals surface area contributed by atoms with Crippen LogP contribution in [0.2, 0.25) is 0 Å². The summed E-state index contributed by atoms with van der Waals surface area (Å²) < 4.78 is 0. The van der Waals surface area contributed by atoms with Crippen LogP contribution < -0.4 is 16.0 Å². The molecule has 1 heterocycles. The fourth-order valence-corrected chi connectivity index (χ4v) is 6.14. The van der Waals surface area contributed by atoms with E-state index in [1.165, 1.54) is 19.3 Å². The second-order valence-corrected chi connectivity index (χ2v) is 8.81. The van der Waals surface area contributed by atoms with Crippen LogP contribution in [0, 0.1) is 23.2 Å². The van der Waals surface area contributed by atoms with Crippen molar-refractivity contribution in [2.45, 2.75) is 63.8 Å². The maximum atomic E-state index is 12.8. The minimum absolute atomic E-state index is 0.0644. The zero-order chi connectivity index (χ0) is 16.6. The molecule has 1 saturated heterocycles. The van der Waals surface area contributed by atoms with Gasteiger partial charge in [-0.15, -0.1) is 0 Å². The van der Waals surface area contributed by atoms with Gasteiger partial charge in [0.1, 0.15) is 0 Å². The monoisotopic (exact) mass is 333 g/mol. The lowest BCUT2D eigenvalue weighted by molar-refractivity contribution is -0.146. The van der Waals surface area contributed by atoms with Crippen LogP contribution in [0.1, 0.15) is 57.8 Å². The highest BCUT2D eigenvalue weighted by molar-refractivity contribution is 5.84. The van der Waals surface area contributed by atoms with Gasteiger partial charge in [-0.05, 0) is 75.7 Å². The SMILES string of the molecule is O=C(CCNC(=O)C12CC3CC(CC(C3)C1)C2)N[C@H]1CCCNC1. The first-order valence-electron chi connectivity index (χ1n) is 9.91. The maximum absolute atomic E-state index is 12.8. The summed E-state index contributed by atoms with van der Waals surface area (Å²) in [6.07, 6.45) is 9.89. The Hall–Kier alpha value is -1.10. The van der Waals surface area contributed by atoms with Gasteiger partial charge in [0, 0.05) is 31.0 Å². The number of rotatable bonds is 5. The van der Waals surface area contributed by atoms with Gasteiger partial charge < -0.3 is 16.0 Å². The van der Waals surface area contributed by atoms with Gasteiger partial charge in [0.05, 0.1) is 0 Å². The van der Waals surface area contributed by atoms with Gasteiger partial charge in [-0.3, -0.25) is 9.59 Å². The van der Waals surface area contributed by atoms with E-state index in [4.69, 9.17) is 0 Å². The van der Waals surface area contributed by atoms with Gasteiger partial charge in [0.25, 0.3) is 0 Å². The van der Waals surface area contributed by atoms with Crippen molar-refractivity contribution in [1.82, 2.24) is 16.0 Å². The molecule has 0 aromatic carbocycles. The highest BCUT2D eigenvalue weighted by Gasteiger charge is 2.54. The van der Waals surface area contributed by atoms with Crippen molar-refractivity contribution in [3.05, 3.63) is 0 Å². The quantitative estimate of drug-likeness (QED) is 0.715. The second kappa shape index (κ2) is 6.66. The van der Waals surface area contributed by atoms with E-state index in [0.717, 1.165) is 62.9 Å². The number of hydrogen-bond donors (Lipinski definition) is 3. The highest BCUT2D eigenvalue weighted by atomic mass is 16.2. The van der Waals surface area contributed by atoms with Gasteiger partial charge in [0.2, 0.25) is 11.8 Å². The lowest BCUT2D eigenvalue weighted by atomic mass is 9.49. The molecule has 3 N–H and O–H groups in total. The second-order valence-electron chi connectivity index (χ2n) is 8.81. The lowest BCUT2D eigenvalue weighted by Crippen LogP contribution is -2.54. The molecular formula is C19H31N3O2. The fraction of sp³-hybridized carbons (Fsp3) is 0.895. The third-order valence-electron chi connectivity index (χ3n) is 6.82. The Balaban J connectivity index is 1.23. The summed E-state index contributed by atoms with van der Waals surface area (Å²) in [6.45, 7) is 2.39. The molecule has 5 nitrogen and oxygen atoms in total. The molecule has 5 heteroatoms. The number of amides is 2. The van der Waals surface area contributed by atoms with Crippen LogP contribution in [-0.4, -0.2) is 37.5 Å². The molecule has 0 unspecified atom stereocenters. The van der Waals surface area contributed by atoms with Crippen molar-refractivity contribution in [2.75, 3.05) is 19.6 Å². The zero-order valence-corrected chi connectivity index (χ0v) is 14.6. The maximum Gasteiger partial charge on any atom is 0.226 e. The molecular weight excluding hydrogens is 302 g/mol. The van der Waals surface area contributed by atoms with E-state index in [2.05, 4.69) is 16.0 Å². The summed E-state index contributed by atoms with van der Waals surface area (Å²) in [5.74, 6) is 2.64. The Morgan fingerprint density at radius 2 is 1.71 bits per heavy atom. The van der Waals surface area contributed by atoms with Crippen LogP contribution in [0.3, 0.4) is 0 Å². The van der Waals surface area contributed by atoms with Crippen LogP contribution in [0.5, 0.6) is 0 Å². The average molecular weight is 333 g/mol. The Bertz CT molecular complexity index is 464. The molecule has 5 fully saturated rings. The molecule has 5 aliphatic rings. The van der Waals surface area contributed by atoms with Crippen LogP contribution in [-0.2, 0) is 9.59 Å². The zero-order valence-electron chi connectivity index (χ0n) is 14.6. The number of piperidine rings is 1. The summed E-state index contributed by atoms with van der Waals surface area (Å²) in [5, 5.41) is 9.47. The largest absolute Gasteiger partial charge is 0.355 e. The molecule has 4 saturated carbocycles. The molecule has 4 bridgehead atoms. The molecule has 0 aromatic heterocycles. The van der Waals surface area contributed by atoms with Crippen molar-refractivity contribution in [1.29, 1.82) is 0 Å². The van der Waals surface area contributed by atoms with Crippen molar-refractivity contribution in [3.8, 4) is 0 Å².